The van der Waals surface area contributed by atoms with E-state index in [9.17, 15) is 4.79 Å². The van der Waals surface area contributed by atoms with E-state index in [4.69, 9.17) is 14.2 Å². The number of Topliss-reactive ketones (excluding diaryl/α,β-unsaturated/α-hetero) is 1. The first-order valence-corrected chi connectivity index (χ1v) is 6.36. The lowest BCUT2D eigenvalue weighted by atomic mass is 9.97. The molecule has 18 heavy (non-hydrogen) atoms. The van der Waals surface area contributed by atoms with Gasteiger partial charge in [-0.1, -0.05) is 0 Å². The third-order valence-electron chi connectivity index (χ3n) is 3.33. The molecule has 1 fully saturated rings. The molecule has 0 spiro atoms. The first-order valence-electron chi connectivity index (χ1n) is 6.36. The topological polar surface area (TPSA) is 44.8 Å². The Labute approximate surface area is 106 Å². The second kappa shape index (κ2) is 4.98. The van der Waals surface area contributed by atoms with Gasteiger partial charge in [-0.2, -0.15) is 0 Å². The van der Waals surface area contributed by atoms with Gasteiger partial charge >= 0.3 is 0 Å². The highest BCUT2D eigenvalue weighted by atomic mass is 16.5. The molecule has 0 N–H and O–H groups in total. The van der Waals surface area contributed by atoms with E-state index < -0.39 is 0 Å². The van der Waals surface area contributed by atoms with Crippen molar-refractivity contribution in [2.45, 2.75) is 12.8 Å². The Morgan fingerprint density at radius 3 is 2.72 bits per heavy atom. The number of carbonyl (C=O) groups is 1. The van der Waals surface area contributed by atoms with Crippen molar-refractivity contribution in [2.75, 3.05) is 26.4 Å². The fourth-order valence-corrected chi connectivity index (χ4v) is 2.29. The molecule has 0 aromatic heterocycles. The zero-order valence-electron chi connectivity index (χ0n) is 10.2. The van der Waals surface area contributed by atoms with Gasteiger partial charge < -0.3 is 14.2 Å². The van der Waals surface area contributed by atoms with Gasteiger partial charge in [0.15, 0.2) is 17.3 Å². The second-order valence-electron chi connectivity index (χ2n) is 4.64. The first-order chi connectivity index (χ1) is 8.84. The Hall–Kier alpha value is -1.55. The summed E-state index contributed by atoms with van der Waals surface area (Å²) < 4.78 is 16.4. The molecule has 0 amide bonds. The number of benzene rings is 1. The van der Waals surface area contributed by atoms with Gasteiger partial charge in [0.2, 0.25) is 0 Å². The largest absolute Gasteiger partial charge is 0.490 e. The molecule has 0 bridgehead atoms. The number of rotatable bonds is 2. The van der Waals surface area contributed by atoms with Crippen LogP contribution >= 0.6 is 0 Å². The lowest BCUT2D eigenvalue weighted by Gasteiger charge is -2.10. The Morgan fingerprint density at radius 1 is 1.11 bits per heavy atom. The molecule has 1 aromatic rings. The van der Waals surface area contributed by atoms with Crippen molar-refractivity contribution in [1.82, 2.24) is 0 Å². The molecule has 2 heterocycles. The minimum absolute atomic E-state index is 0.00486. The lowest BCUT2D eigenvalue weighted by Crippen LogP contribution is -2.14. The highest BCUT2D eigenvalue weighted by Crippen LogP contribution is 2.31. The SMILES string of the molecule is O=C(c1ccc2c(c1)OCCCO2)C1CCOC1. The molecule has 0 aliphatic carbocycles. The summed E-state index contributed by atoms with van der Waals surface area (Å²) in [6, 6.07) is 5.43. The van der Waals surface area contributed by atoms with Gasteiger partial charge in [0.25, 0.3) is 0 Å². The summed E-state index contributed by atoms with van der Waals surface area (Å²) in [7, 11) is 0. The van der Waals surface area contributed by atoms with Crippen LogP contribution in [0.25, 0.3) is 0 Å². The fraction of sp³-hybridized carbons (Fsp3) is 0.500. The van der Waals surface area contributed by atoms with Crippen molar-refractivity contribution < 1.29 is 19.0 Å². The van der Waals surface area contributed by atoms with Gasteiger partial charge in [-0.25, -0.2) is 0 Å². The minimum atomic E-state index is -0.00486. The number of hydrogen-bond donors (Lipinski definition) is 0. The van der Waals surface area contributed by atoms with Crippen LogP contribution in [0.15, 0.2) is 18.2 Å². The summed E-state index contributed by atoms with van der Waals surface area (Å²) in [5.41, 5.74) is 0.690. The predicted octanol–water partition coefficient (Wildman–Crippen LogP) is 2.07. The Balaban J connectivity index is 1.84. The maximum Gasteiger partial charge on any atom is 0.168 e. The van der Waals surface area contributed by atoms with E-state index in [1.807, 2.05) is 12.1 Å². The van der Waals surface area contributed by atoms with Crippen molar-refractivity contribution in [3.8, 4) is 11.5 Å². The molecule has 4 heteroatoms. The monoisotopic (exact) mass is 248 g/mol. The van der Waals surface area contributed by atoms with Crippen LogP contribution in [-0.2, 0) is 4.74 Å². The molecule has 1 atom stereocenters. The van der Waals surface area contributed by atoms with Crippen molar-refractivity contribution in [3.05, 3.63) is 23.8 Å². The minimum Gasteiger partial charge on any atom is -0.490 e. The van der Waals surface area contributed by atoms with E-state index in [1.54, 1.807) is 6.07 Å². The van der Waals surface area contributed by atoms with Gasteiger partial charge in [0.1, 0.15) is 0 Å². The maximum absolute atomic E-state index is 12.2. The summed E-state index contributed by atoms with van der Waals surface area (Å²) in [6.45, 7) is 2.52. The predicted molar refractivity (Wildman–Crippen MR) is 65.3 cm³/mol. The zero-order valence-corrected chi connectivity index (χ0v) is 10.2. The van der Waals surface area contributed by atoms with E-state index in [2.05, 4.69) is 0 Å². The van der Waals surface area contributed by atoms with Gasteiger partial charge in [0.05, 0.1) is 19.8 Å². The molecule has 4 nitrogen and oxygen atoms in total. The highest BCUT2D eigenvalue weighted by molar-refractivity contribution is 5.98. The van der Waals surface area contributed by atoms with Gasteiger partial charge in [0, 0.05) is 24.5 Å². The molecule has 3 rings (SSSR count). The van der Waals surface area contributed by atoms with Crippen molar-refractivity contribution in [2.24, 2.45) is 5.92 Å². The summed E-state index contributed by atoms with van der Waals surface area (Å²) in [5, 5.41) is 0. The molecule has 1 unspecified atom stereocenters. The molecule has 2 aliphatic rings. The molecular weight excluding hydrogens is 232 g/mol. The third-order valence-corrected chi connectivity index (χ3v) is 3.33. The summed E-state index contributed by atoms with van der Waals surface area (Å²) in [5.74, 6) is 1.54. The van der Waals surface area contributed by atoms with Crippen LogP contribution in [0.1, 0.15) is 23.2 Å². The number of carbonyl (C=O) groups excluding carboxylic acids is 1. The number of ether oxygens (including phenoxy) is 3. The molecule has 1 aromatic carbocycles. The normalized spacial score (nSPS) is 22.6. The summed E-state index contributed by atoms with van der Waals surface area (Å²) in [4.78, 5) is 12.2. The standard InChI is InChI=1S/C14H16O4/c15-14(11-4-7-16-9-11)10-2-3-12-13(8-10)18-6-1-5-17-12/h2-3,8,11H,1,4-7,9H2. The number of ketones is 1. The number of fused-ring (bicyclic) bond motifs is 1. The summed E-state index contributed by atoms with van der Waals surface area (Å²) in [6.07, 6.45) is 1.68. The van der Waals surface area contributed by atoms with Crippen LogP contribution in [0, 0.1) is 5.92 Å². The van der Waals surface area contributed by atoms with Crippen LogP contribution in [0.5, 0.6) is 11.5 Å². The van der Waals surface area contributed by atoms with Crippen LogP contribution < -0.4 is 9.47 Å². The Kier molecular flexibility index (Phi) is 3.19. The van der Waals surface area contributed by atoms with Crippen LogP contribution in [0.2, 0.25) is 0 Å². The molecule has 2 aliphatic heterocycles. The molecular formula is C14H16O4. The maximum atomic E-state index is 12.2. The first kappa shape index (κ1) is 11.5. The van der Waals surface area contributed by atoms with Crippen molar-refractivity contribution in [3.63, 3.8) is 0 Å². The fourth-order valence-electron chi connectivity index (χ4n) is 2.29. The van der Waals surface area contributed by atoms with Crippen LogP contribution in [-0.4, -0.2) is 32.2 Å². The highest BCUT2D eigenvalue weighted by Gasteiger charge is 2.25. The number of hydrogen-bond acceptors (Lipinski definition) is 4. The van der Waals surface area contributed by atoms with Gasteiger partial charge in [-0.3, -0.25) is 4.79 Å². The van der Waals surface area contributed by atoms with E-state index in [0.29, 0.717) is 37.7 Å². The van der Waals surface area contributed by atoms with Crippen molar-refractivity contribution >= 4 is 5.78 Å². The molecule has 96 valence electrons. The third kappa shape index (κ3) is 2.20. The average Bonchev–Trinajstić information content (AvgIpc) is 2.83. The Bertz CT molecular complexity index is 449. The lowest BCUT2D eigenvalue weighted by molar-refractivity contribution is 0.0900. The molecule has 1 saturated heterocycles. The van der Waals surface area contributed by atoms with Gasteiger partial charge in [-0.05, 0) is 24.6 Å². The summed E-state index contributed by atoms with van der Waals surface area (Å²) >= 11 is 0. The van der Waals surface area contributed by atoms with Crippen LogP contribution in [0.3, 0.4) is 0 Å². The molecule has 0 radical (unpaired) electrons. The smallest absolute Gasteiger partial charge is 0.168 e. The van der Waals surface area contributed by atoms with Crippen LogP contribution in [0.4, 0.5) is 0 Å². The van der Waals surface area contributed by atoms with Gasteiger partial charge in [-0.15, -0.1) is 0 Å². The average molecular weight is 248 g/mol. The van der Waals surface area contributed by atoms with E-state index in [1.165, 1.54) is 0 Å². The Morgan fingerprint density at radius 2 is 1.94 bits per heavy atom. The van der Waals surface area contributed by atoms with Crippen molar-refractivity contribution in [1.29, 1.82) is 0 Å². The van der Waals surface area contributed by atoms with E-state index in [-0.39, 0.29) is 11.7 Å². The zero-order chi connectivity index (χ0) is 12.4. The molecule has 0 saturated carbocycles. The quantitative estimate of drug-likeness (QED) is 0.751. The second-order valence-corrected chi connectivity index (χ2v) is 4.64. The van der Waals surface area contributed by atoms with E-state index >= 15 is 0 Å². The van der Waals surface area contributed by atoms with E-state index in [0.717, 1.165) is 18.6 Å².